The molecule has 4 rings (SSSR count). The number of fused-ring (bicyclic) bond motifs is 1. The van der Waals surface area contributed by atoms with Crippen molar-refractivity contribution >= 4 is 28.4 Å². The third-order valence-electron chi connectivity index (χ3n) is 5.06. The van der Waals surface area contributed by atoms with E-state index in [1.54, 1.807) is 18.2 Å². The smallest absolute Gasteiger partial charge is 0.246 e. The Morgan fingerprint density at radius 3 is 2.79 bits per heavy atom. The van der Waals surface area contributed by atoms with Crippen LogP contribution in [-0.2, 0) is 22.7 Å². The molecule has 1 fully saturated rings. The van der Waals surface area contributed by atoms with Crippen LogP contribution < -0.4 is 10.7 Å². The lowest BCUT2D eigenvalue weighted by atomic mass is 10.1. The highest BCUT2D eigenvalue weighted by molar-refractivity contribution is 5.91. The molecule has 0 bridgehead atoms. The zero-order chi connectivity index (χ0) is 20.2. The largest absolute Gasteiger partial charge is 0.338 e. The molecule has 1 aromatic heterocycles. The van der Waals surface area contributed by atoms with Crippen LogP contribution >= 0.6 is 0 Å². The Bertz CT molecular complexity index is 1120. The number of nitrogens with one attached hydrogen (secondary N) is 1. The second kappa shape index (κ2) is 8.26. The van der Waals surface area contributed by atoms with Gasteiger partial charge in [-0.15, -0.1) is 0 Å². The minimum Gasteiger partial charge on any atom is -0.338 e. The van der Waals surface area contributed by atoms with Gasteiger partial charge in [0.2, 0.25) is 17.2 Å². The maximum atomic E-state index is 12.5. The van der Waals surface area contributed by atoms with E-state index in [4.69, 9.17) is 0 Å². The Labute approximate surface area is 167 Å². The van der Waals surface area contributed by atoms with Gasteiger partial charge in [0, 0.05) is 30.6 Å². The third kappa shape index (κ3) is 4.34. The molecule has 29 heavy (non-hydrogen) atoms. The van der Waals surface area contributed by atoms with Gasteiger partial charge in [-0.25, -0.2) is 0 Å². The van der Waals surface area contributed by atoms with E-state index in [1.807, 2.05) is 35.2 Å². The van der Waals surface area contributed by atoms with Gasteiger partial charge in [0.05, 0.1) is 11.7 Å². The molecule has 7 nitrogen and oxygen atoms in total. The van der Waals surface area contributed by atoms with Gasteiger partial charge in [0.1, 0.15) is 6.54 Å². The lowest BCUT2D eigenvalue weighted by Gasteiger charge is -2.26. The van der Waals surface area contributed by atoms with Crippen LogP contribution in [-0.4, -0.2) is 33.0 Å². The van der Waals surface area contributed by atoms with Crippen LogP contribution in [0.15, 0.2) is 59.5 Å². The molecule has 1 saturated heterocycles. The number of para-hydroxylation sites is 1. The van der Waals surface area contributed by atoms with Crippen molar-refractivity contribution in [2.45, 2.75) is 32.4 Å². The standard InChI is InChI=1S/C22H22N4O3/c27-20-13-23-26(19-9-2-1-8-18(19)20)15-21(28)24-17-7-5-6-16(12-17)14-25-11-4-3-10-22(25)29/h1-2,5-9,12-13H,3-4,10-11,14-15H2,(H,24,28). The van der Waals surface area contributed by atoms with Gasteiger partial charge in [-0.2, -0.15) is 5.10 Å². The fraction of sp³-hybridized carbons (Fsp3) is 0.273. The van der Waals surface area contributed by atoms with Crippen LogP contribution in [0.4, 0.5) is 5.69 Å². The minimum absolute atomic E-state index is 0.00433. The molecular weight excluding hydrogens is 368 g/mol. The highest BCUT2D eigenvalue weighted by Crippen LogP contribution is 2.17. The van der Waals surface area contributed by atoms with Crippen molar-refractivity contribution in [1.82, 2.24) is 14.7 Å². The van der Waals surface area contributed by atoms with E-state index < -0.39 is 0 Å². The predicted molar refractivity (Wildman–Crippen MR) is 110 cm³/mol. The van der Waals surface area contributed by atoms with Crippen molar-refractivity contribution in [1.29, 1.82) is 0 Å². The SMILES string of the molecule is O=C(Cn1ncc(=O)c2ccccc21)Nc1cccc(CN2CCCCC2=O)c1. The first-order chi connectivity index (χ1) is 14.1. The number of amides is 2. The highest BCUT2D eigenvalue weighted by Gasteiger charge is 2.18. The van der Waals surface area contributed by atoms with E-state index >= 15 is 0 Å². The van der Waals surface area contributed by atoms with Gasteiger partial charge in [0.15, 0.2) is 0 Å². The minimum atomic E-state index is -0.238. The maximum absolute atomic E-state index is 12.5. The summed E-state index contributed by atoms with van der Waals surface area (Å²) in [7, 11) is 0. The molecule has 0 aliphatic carbocycles. The molecular formula is C22H22N4O3. The van der Waals surface area contributed by atoms with E-state index in [-0.39, 0.29) is 23.8 Å². The molecule has 2 amide bonds. The average molecular weight is 390 g/mol. The maximum Gasteiger partial charge on any atom is 0.246 e. The number of carbonyl (C=O) groups is 2. The van der Waals surface area contributed by atoms with E-state index in [0.717, 1.165) is 24.9 Å². The van der Waals surface area contributed by atoms with Gasteiger partial charge in [-0.1, -0.05) is 24.3 Å². The summed E-state index contributed by atoms with van der Waals surface area (Å²) in [5.74, 6) is -0.0561. The van der Waals surface area contributed by atoms with E-state index in [1.165, 1.54) is 10.9 Å². The summed E-state index contributed by atoms with van der Waals surface area (Å²) in [5.41, 5.74) is 2.09. The number of anilines is 1. The zero-order valence-corrected chi connectivity index (χ0v) is 16.0. The van der Waals surface area contributed by atoms with Crippen LogP contribution in [0.3, 0.4) is 0 Å². The van der Waals surface area contributed by atoms with Crippen LogP contribution in [0, 0.1) is 0 Å². The Kier molecular flexibility index (Phi) is 5.37. The first kappa shape index (κ1) is 18.9. The predicted octanol–water partition coefficient (Wildman–Crippen LogP) is 2.55. The van der Waals surface area contributed by atoms with Crippen molar-refractivity contribution in [2.24, 2.45) is 0 Å². The summed E-state index contributed by atoms with van der Waals surface area (Å²) in [6, 6.07) is 14.6. The van der Waals surface area contributed by atoms with Gasteiger partial charge >= 0.3 is 0 Å². The van der Waals surface area contributed by atoms with Gasteiger partial charge in [-0.3, -0.25) is 19.1 Å². The number of likely N-dealkylation sites (tertiary alicyclic amines) is 1. The quantitative estimate of drug-likeness (QED) is 0.726. The number of nitrogens with zero attached hydrogens (tertiary/aromatic N) is 3. The lowest BCUT2D eigenvalue weighted by Crippen LogP contribution is -2.34. The molecule has 1 N–H and O–H groups in total. The second-order valence-corrected chi connectivity index (χ2v) is 7.20. The molecule has 1 aliphatic rings. The Balaban J connectivity index is 1.46. The van der Waals surface area contributed by atoms with Gasteiger partial charge in [-0.05, 0) is 42.7 Å². The third-order valence-corrected chi connectivity index (χ3v) is 5.06. The van der Waals surface area contributed by atoms with Gasteiger partial charge < -0.3 is 10.2 Å². The van der Waals surface area contributed by atoms with Crippen molar-refractivity contribution in [3.05, 3.63) is 70.5 Å². The van der Waals surface area contributed by atoms with Crippen molar-refractivity contribution in [3.63, 3.8) is 0 Å². The number of hydrogen-bond donors (Lipinski definition) is 1. The number of benzene rings is 2. The molecule has 0 spiro atoms. The molecule has 0 radical (unpaired) electrons. The number of aromatic nitrogens is 2. The Morgan fingerprint density at radius 1 is 1.07 bits per heavy atom. The van der Waals surface area contributed by atoms with E-state index in [2.05, 4.69) is 10.4 Å². The van der Waals surface area contributed by atoms with Gasteiger partial charge in [0.25, 0.3) is 0 Å². The summed E-state index contributed by atoms with van der Waals surface area (Å²) >= 11 is 0. The number of hydrogen-bond acceptors (Lipinski definition) is 4. The topological polar surface area (TPSA) is 84.3 Å². The molecule has 0 atom stereocenters. The van der Waals surface area contributed by atoms with E-state index in [9.17, 15) is 14.4 Å². The number of piperidine rings is 1. The van der Waals surface area contributed by atoms with E-state index in [0.29, 0.717) is 29.6 Å². The summed E-state index contributed by atoms with van der Waals surface area (Å²) in [4.78, 5) is 38.4. The molecule has 3 aromatic rings. The monoisotopic (exact) mass is 390 g/mol. The number of carbonyl (C=O) groups excluding carboxylic acids is 2. The van der Waals surface area contributed by atoms with Crippen molar-refractivity contribution < 1.29 is 9.59 Å². The molecule has 148 valence electrons. The highest BCUT2D eigenvalue weighted by atomic mass is 16.2. The summed E-state index contributed by atoms with van der Waals surface area (Å²) < 4.78 is 1.52. The van der Waals surface area contributed by atoms with Crippen molar-refractivity contribution in [3.8, 4) is 0 Å². The van der Waals surface area contributed by atoms with Crippen LogP contribution in [0.25, 0.3) is 10.9 Å². The lowest BCUT2D eigenvalue weighted by molar-refractivity contribution is -0.133. The molecule has 7 heteroatoms. The Hall–Kier alpha value is -3.48. The fourth-order valence-corrected chi connectivity index (χ4v) is 3.62. The first-order valence-corrected chi connectivity index (χ1v) is 9.71. The first-order valence-electron chi connectivity index (χ1n) is 9.71. The summed E-state index contributed by atoms with van der Waals surface area (Å²) in [6.07, 6.45) is 3.82. The summed E-state index contributed by atoms with van der Waals surface area (Å²) in [5, 5.41) is 7.50. The van der Waals surface area contributed by atoms with Crippen LogP contribution in [0.2, 0.25) is 0 Å². The second-order valence-electron chi connectivity index (χ2n) is 7.20. The molecule has 1 aliphatic heterocycles. The summed E-state index contributed by atoms with van der Waals surface area (Å²) in [6.45, 7) is 1.32. The molecule has 0 unspecified atom stereocenters. The molecule has 2 heterocycles. The van der Waals surface area contributed by atoms with Crippen LogP contribution in [0.5, 0.6) is 0 Å². The normalized spacial score (nSPS) is 14.2. The van der Waals surface area contributed by atoms with Crippen molar-refractivity contribution in [2.75, 3.05) is 11.9 Å². The molecule has 2 aromatic carbocycles. The Morgan fingerprint density at radius 2 is 1.93 bits per heavy atom. The zero-order valence-electron chi connectivity index (χ0n) is 16.0. The van der Waals surface area contributed by atoms with Crippen LogP contribution in [0.1, 0.15) is 24.8 Å². The molecule has 0 saturated carbocycles. The average Bonchev–Trinajstić information content (AvgIpc) is 2.72. The number of rotatable bonds is 5. The fourth-order valence-electron chi connectivity index (χ4n) is 3.62.